The number of piperidine rings is 1. The van der Waals surface area contributed by atoms with Crippen molar-refractivity contribution < 1.29 is 4.79 Å². The SMILES string of the molecule is CCc1ccccc1C(=O)C1CCCN(c2nc(-c3ccncc3)cc(=O)n2C)C1. The zero-order chi connectivity index (χ0) is 21.1. The number of pyridine rings is 1. The van der Waals surface area contributed by atoms with Gasteiger partial charge in [-0.25, -0.2) is 4.98 Å². The van der Waals surface area contributed by atoms with E-state index in [1.165, 1.54) is 0 Å². The molecule has 6 nitrogen and oxygen atoms in total. The van der Waals surface area contributed by atoms with Crippen LogP contribution in [0.3, 0.4) is 0 Å². The number of nitrogens with zero attached hydrogens (tertiary/aromatic N) is 4. The Labute approximate surface area is 176 Å². The highest BCUT2D eigenvalue weighted by Gasteiger charge is 2.29. The number of anilines is 1. The Hall–Kier alpha value is -3.28. The minimum Gasteiger partial charge on any atom is -0.341 e. The van der Waals surface area contributed by atoms with E-state index in [0.717, 1.165) is 42.5 Å². The summed E-state index contributed by atoms with van der Waals surface area (Å²) >= 11 is 0. The van der Waals surface area contributed by atoms with Gasteiger partial charge in [0.25, 0.3) is 5.56 Å². The van der Waals surface area contributed by atoms with Gasteiger partial charge in [-0.1, -0.05) is 31.2 Å². The quantitative estimate of drug-likeness (QED) is 0.611. The molecule has 0 bridgehead atoms. The van der Waals surface area contributed by atoms with Crippen LogP contribution in [0.4, 0.5) is 5.95 Å². The van der Waals surface area contributed by atoms with E-state index >= 15 is 0 Å². The smallest absolute Gasteiger partial charge is 0.255 e. The van der Waals surface area contributed by atoms with Gasteiger partial charge in [-0.05, 0) is 37.0 Å². The number of carbonyl (C=O) groups is 1. The first-order valence-electron chi connectivity index (χ1n) is 10.4. The summed E-state index contributed by atoms with van der Waals surface area (Å²) in [6.07, 6.45) is 5.96. The van der Waals surface area contributed by atoms with E-state index in [1.807, 2.05) is 36.4 Å². The lowest BCUT2D eigenvalue weighted by molar-refractivity contribution is 0.0905. The van der Waals surface area contributed by atoms with E-state index in [-0.39, 0.29) is 17.3 Å². The lowest BCUT2D eigenvalue weighted by atomic mass is 9.87. The van der Waals surface area contributed by atoms with Crippen molar-refractivity contribution in [3.05, 3.63) is 76.3 Å². The summed E-state index contributed by atoms with van der Waals surface area (Å²) < 4.78 is 1.57. The predicted octanol–water partition coefficient (Wildman–Crippen LogP) is 3.50. The molecule has 30 heavy (non-hydrogen) atoms. The lowest BCUT2D eigenvalue weighted by Gasteiger charge is -2.34. The van der Waals surface area contributed by atoms with E-state index in [1.54, 1.807) is 30.1 Å². The molecule has 3 aromatic rings. The van der Waals surface area contributed by atoms with Gasteiger partial charge in [0.2, 0.25) is 5.95 Å². The molecule has 6 heteroatoms. The van der Waals surface area contributed by atoms with E-state index < -0.39 is 0 Å². The fraction of sp³-hybridized carbons (Fsp3) is 0.333. The van der Waals surface area contributed by atoms with Crippen LogP contribution in [-0.2, 0) is 13.5 Å². The van der Waals surface area contributed by atoms with Crippen LogP contribution in [0.1, 0.15) is 35.7 Å². The number of aryl methyl sites for hydroxylation is 1. The van der Waals surface area contributed by atoms with Gasteiger partial charge < -0.3 is 4.90 Å². The standard InChI is InChI=1S/C24H26N4O2/c1-3-17-7-4-5-9-20(17)23(30)19-8-6-14-28(16-19)24-26-21(15-22(29)27(24)2)18-10-12-25-13-11-18/h4-5,7,9-13,15,19H,3,6,8,14,16H2,1-2H3. The molecule has 1 fully saturated rings. The molecule has 1 aromatic carbocycles. The second kappa shape index (κ2) is 8.61. The van der Waals surface area contributed by atoms with Crippen molar-refractivity contribution in [2.75, 3.05) is 18.0 Å². The molecule has 154 valence electrons. The molecule has 1 aliphatic rings. The van der Waals surface area contributed by atoms with E-state index in [0.29, 0.717) is 18.2 Å². The first kappa shape index (κ1) is 20.0. The third-order valence-electron chi connectivity index (χ3n) is 5.83. The molecule has 1 saturated heterocycles. The monoisotopic (exact) mass is 402 g/mol. The summed E-state index contributed by atoms with van der Waals surface area (Å²) in [6, 6.07) is 13.1. The molecule has 0 amide bonds. The van der Waals surface area contributed by atoms with Crippen molar-refractivity contribution >= 4 is 11.7 Å². The maximum atomic E-state index is 13.3. The molecule has 0 saturated carbocycles. The Morgan fingerprint density at radius 3 is 2.70 bits per heavy atom. The molecular formula is C24H26N4O2. The zero-order valence-corrected chi connectivity index (χ0v) is 17.4. The van der Waals surface area contributed by atoms with Crippen molar-refractivity contribution in [2.24, 2.45) is 13.0 Å². The fourth-order valence-corrected chi connectivity index (χ4v) is 4.14. The molecule has 1 aliphatic heterocycles. The van der Waals surface area contributed by atoms with Gasteiger partial charge in [-0.15, -0.1) is 0 Å². The Balaban J connectivity index is 1.64. The molecule has 1 unspecified atom stereocenters. The molecule has 0 N–H and O–H groups in total. The van der Waals surface area contributed by atoms with Crippen molar-refractivity contribution in [1.82, 2.24) is 14.5 Å². The summed E-state index contributed by atoms with van der Waals surface area (Å²) in [5.41, 5.74) is 3.27. The first-order chi connectivity index (χ1) is 14.6. The van der Waals surface area contributed by atoms with E-state index in [2.05, 4.69) is 16.8 Å². The highest BCUT2D eigenvalue weighted by atomic mass is 16.1. The number of benzene rings is 1. The molecular weight excluding hydrogens is 376 g/mol. The average molecular weight is 402 g/mol. The third-order valence-corrected chi connectivity index (χ3v) is 5.83. The van der Waals surface area contributed by atoms with Gasteiger partial charge in [0.1, 0.15) is 0 Å². The van der Waals surface area contributed by atoms with Crippen molar-refractivity contribution in [3.8, 4) is 11.3 Å². The van der Waals surface area contributed by atoms with Gasteiger partial charge >= 0.3 is 0 Å². The second-order valence-electron chi connectivity index (χ2n) is 7.73. The molecule has 0 aliphatic carbocycles. The average Bonchev–Trinajstić information content (AvgIpc) is 2.81. The molecule has 0 spiro atoms. The topological polar surface area (TPSA) is 68.1 Å². The van der Waals surface area contributed by atoms with Gasteiger partial charge in [0.05, 0.1) is 5.69 Å². The van der Waals surface area contributed by atoms with Gasteiger partial charge in [0, 0.05) is 55.6 Å². The van der Waals surface area contributed by atoms with Gasteiger partial charge in [-0.3, -0.25) is 19.1 Å². The number of hydrogen-bond donors (Lipinski definition) is 0. The Bertz CT molecular complexity index is 1110. The Morgan fingerprint density at radius 1 is 1.17 bits per heavy atom. The summed E-state index contributed by atoms with van der Waals surface area (Å²) in [5.74, 6) is 0.691. The molecule has 2 aromatic heterocycles. The zero-order valence-electron chi connectivity index (χ0n) is 17.4. The molecule has 3 heterocycles. The second-order valence-corrected chi connectivity index (χ2v) is 7.73. The van der Waals surface area contributed by atoms with Crippen molar-refractivity contribution in [1.29, 1.82) is 0 Å². The minimum atomic E-state index is -0.114. The highest BCUT2D eigenvalue weighted by molar-refractivity contribution is 5.99. The van der Waals surface area contributed by atoms with Crippen LogP contribution < -0.4 is 10.5 Å². The largest absolute Gasteiger partial charge is 0.341 e. The summed E-state index contributed by atoms with van der Waals surface area (Å²) in [5, 5.41) is 0. The maximum Gasteiger partial charge on any atom is 0.255 e. The van der Waals surface area contributed by atoms with E-state index in [4.69, 9.17) is 4.98 Å². The third kappa shape index (κ3) is 3.90. The molecule has 4 rings (SSSR count). The van der Waals surface area contributed by atoms with E-state index in [9.17, 15) is 9.59 Å². The van der Waals surface area contributed by atoms with Gasteiger partial charge in [-0.2, -0.15) is 0 Å². The van der Waals surface area contributed by atoms with Crippen molar-refractivity contribution in [3.63, 3.8) is 0 Å². The summed E-state index contributed by atoms with van der Waals surface area (Å²) in [7, 11) is 1.73. The number of carbonyl (C=O) groups excluding carboxylic acids is 1. The number of Topliss-reactive ketones (excluding diaryl/α,β-unsaturated/α-hetero) is 1. The minimum absolute atomic E-state index is 0.104. The summed E-state index contributed by atoms with van der Waals surface area (Å²) in [6.45, 7) is 3.42. The van der Waals surface area contributed by atoms with Crippen LogP contribution in [0.5, 0.6) is 0 Å². The summed E-state index contributed by atoms with van der Waals surface area (Å²) in [4.78, 5) is 36.8. The normalized spacial score (nSPS) is 16.5. The fourth-order valence-electron chi connectivity index (χ4n) is 4.14. The van der Waals surface area contributed by atoms with Crippen LogP contribution in [0.25, 0.3) is 11.3 Å². The number of aromatic nitrogens is 3. The van der Waals surface area contributed by atoms with Crippen LogP contribution in [0, 0.1) is 5.92 Å². The molecule has 1 atom stereocenters. The Kier molecular flexibility index (Phi) is 5.74. The van der Waals surface area contributed by atoms with Crippen molar-refractivity contribution in [2.45, 2.75) is 26.2 Å². The number of rotatable bonds is 5. The number of ketones is 1. The van der Waals surface area contributed by atoms with Crippen LogP contribution in [-0.4, -0.2) is 33.4 Å². The predicted molar refractivity (Wildman–Crippen MR) is 118 cm³/mol. The maximum absolute atomic E-state index is 13.3. The van der Waals surface area contributed by atoms with Crippen LogP contribution in [0.2, 0.25) is 0 Å². The number of hydrogen-bond acceptors (Lipinski definition) is 5. The highest BCUT2D eigenvalue weighted by Crippen LogP contribution is 2.26. The lowest BCUT2D eigenvalue weighted by Crippen LogP contribution is -2.42. The van der Waals surface area contributed by atoms with Crippen LogP contribution >= 0.6 is 0 Å². The van der Waals surface area contributed by atoms with Gasteiger partial charge in [0.15, 0.2) is 5.78 Å². The van der Waals surface area contributed by atoms with Crippen LogP contribution in [0.15, 0.2) is 59.7 Å². The first-order valence-corrected chi connectivity index (χ1v) is 10.4. The Morgan fingerprint density at radius 2 is 1.93 bits per heavy atom. The molecule has 0 radical (unpaired) electrons.